The quantitative estimate of drug-likeness (QED) is 0.886. The molecule has 0 aliphatic carbocycles. The Labute approximate surface area is 106 Å². The molecule has 0 aliphatic rings. The van der Waals surface area contributed by atoms with Gasteiger partial charge in [0.2, 0.25) is 0 Å². The molecule has 0 fully saturated rings. The van der Waals surface area contributed by atoms with Crippen molar-refractivity contribution in [2.45, 2.75) is 19.4 Å². The summed E-state index contributed by atoms with van der Waals surface area (Å²) in [4.78, 5) is 17.9. The maximum absolute atomic E-state index is 12.3. The van der Waals surface area contributed by atoms with Gasteiger partial charge in [-0.2, -0.15) is 0 Å². The SMILES string of the molecule is CN(CC(C)(C)O)C(=O)c1cnc2ccccn12. The van der Waals surface area contributed by atoms with Crippen LogP contribution in [-0.4, -0.2) is 44.5 Å². The first-order chi connectivity index (χ1) is 8.38. The van der Waals surface area contributed by atoms with E-state index in [1.807, 2.05) is 18.2 Å². The van der Waals surface area contributed by atoms with Crippen molar-refractivity contribution in [1.82, 2.24) is 14.3 Å². The minimum Gasteiger partial charge on any atom is -0.389 e. The molecule has 0 unspecified atom stereocenters. The summed E-state index contributed by atoms with van der Waals surface area (Å²) >= 11 is 0. The summed E-state index contributed by atoms with van der Waals surface area (Å²) in [6.07, 6.45) is 3.35. The highest BCUT2D eigenvalue weighted by Crippen LogP contribution is 2.11. The van der Waals surface area contributed by atoms with Crippen LogP contribution in [0, 0.1) is 0 Å². The molecule has 2 rings (SSSR count). The van der Waals surface area contributed by atoms with Crippen LogP contribution < -0.4 is 0 Å². The minimum absolute atomic E-state index is 0.157. The molecule has 96 valence electrons. The van der Waals surface area contributed by atoms with Gasteiger partial charge in [0.05, 0.1) is 11.8 Å². The number of aromatic nitrogens is 2. The second-order valence-electron chi connectivity index (χ2n) is 5.05. The summed E-state index contributed by atoms with van der Waals surface area (Å²) in [5.41, 5.74) is 0.320. The van der Waals surface area contributed by atoms with Gasteiger partial charge in [-0.3, -0.25) is 9.20 Å². The van der Waals surface area contributed by atoms with Crippen molar-refractivity contribution in [3.05, 3.63) is 36.3 Å². The van der Waals surface area contributed by atoms with Crippen LogP contribution in [0.5, 0.6) is 0 Å². The topological polar surface area (TPSA) is 57.8 Å². The van der Waals surface area contributed by atoms with Gasteiger partial charge < -0.3 is 10.0 Å². The van der Waals surface area contributed by atoms with Gasteiger partial charge in [0.15, 0.2) is 0 Å². The number of amides is 1. The van der Waals surface area contributed by atoms with E-state index in [0.29, 0.717) is 5.69 Å². The smallest absolute Gasteiger partial charge is 0.272 e. The van der Waals surface area contributed by atoms with Gasteiger partial charge in [-0.05, 0) is 26.0 Å². The average Bonchev–Trinajstić information content (AvgIpc) is 2.69. The van der Waals surface area contributed by atoms with Gasteiger partial charge in [0.25, 0.3) is 5.91 Å². The van der Waals surface area contributed by atoms with Crippen molar-refractivity contribution in [3.63, 3.8) is 0 Å². The molecule has 0 saturated heterocycles. The van der Waals surface area contributed by atoms with Crippen molar-refractivity contribution in [2.75, 3.05) is 13.6 Å². The molecule has 1 amide bonds. The van der Waals surface area contributed by atoms with Crippen LogP contribution in [0.2, 0.25) is 0 Å². The fourth-order valence-corrected chi connectivity index (χ4v) is 1.94. The van der Waals surface area contributed by atoms with E-state index in [4.69, 9.17) is 0 Å². The van der Waals surface area contributed by atoms with Crippen LogP contribution in [0.4, 0.5) is 0 Å². The van der Waals surface area contributed by atoms with Crippen molar-refractivity contribution in [1.29, 1.82) is 0 Å². The lowest BCUT2D eigenvalue weighted by atomic mass is 10.1. The van der Waals surface area contributed by atoms with Crippen LogP contribution in [0.3, 0.4) is 0 Å². The zero-order valence-electron chi connectivity index (χ0n) is 10.8. The normalized spacial score (nSPS) is 11.8. The Morgan fingerprint density at radius 3 is 2.89 bits per heavy atom. The standard InChI is InChI=1S/C13H17N3O2/c1-13(2,18)9-15(3)12(17)10-8-14-11-6-4-5-7-16(10)11/h4-8,18H,9H2,1-3H3. The first kappa shape index (κ1) is 12.6. The van der Waals surface area contributed by atoms with E-state index < -0.39 is 5.60 Å². The number of imidazole rings is 1. The van der Waals surface area contributed by atoms with Gasteiger partial charge in [-0.25, -0.2) is 4.98 Å². The summed E-state index contributed by atoms with van der Waals surface area (Å²) in [7, 11) is 1.67. The third kappa shape index (κ3) is 2.51. The molecule has 1 N–H and O–H groups in total. The summed E-state index contributed by atoms with van der Waals surface area (Å²) in [6.45, 7) is 3.61. The molecule has 0 bridgehead atoms. The van der Waals surface area contributed by atoms with Gasteiger partial charge in [0, 0.05) is 19.8 Å². The van der Waals surface area contributed by atoms with E-state index in [2.05, 4.69) is 4.98 Å². The highest BCUT2D eigenvalue weighted by atomic mass is 16.3. The van der Waals surface area contributed by atoms with E-state index in [9.17, 15) is 9.90 Å². The molecule has 5 nitrogen and oxygen atoms in total. The fraction of sp³-hybridized carbons (Fsp3) is 0.385. The molecule has 18 heavy (non-hydrogen) atoms. The number of fused-ring (bicyclic) bond motifs is 1. The molecule has 0 aromatic carbocycles. The fourth-order valence-electron chi connectivity index (χ4n) is 1.94. The Kier molecular flexibility index (Phi) is 3.09. The molecule has 0 aliphatic heterocycles. The number of carbonyl (C=O) groups is 1. The number of nitrogens with zero attached hydrogens (tertiary/aromatic N) is 3. The molecule has 2 heterocycles. The maximum atomic E-state index is 12.3. The molecule has 2 aromatic heterocycles. The van der Waals surface area contributed by atoms with E-state index in [1.54, 1.807) is 37.7 Å². The van der Waals surface area contributed by atoms with E-state index in [1.165, 1.54) is 4.90 Å². The van der Waals surface area contributed by atoms with Crippen molar-refractivity contribution in [2.24, 2.45) is 0 Å². The van der Waals surface area contributed by atoms with Crippen LogP contribution >= 0.6 is 0 Å². The maximum Gasteiger partial charge on any atom is 0.272 e. The zero-order chi connectivity index (χ0) is 13.3. The van der Waals surface area contributed by atoms with Gasteiger partial charge in [0.1, 0.15) is 11.3 Å². The third-order valence-corrected chi connectivity index (χ3v) is 2.61. The molecule has 0 spiro atoms. The highest BCUT2D eigenvalue weighted by Gasteiger charge is 2.22. The number of likely N-dealkylation sites (N-methyl/N-ethyl adjacent to an activating group) is 1. The number of hydrogen-bond donors (Lipinski definition) is 1. The highest BCUT2D eigenvalue weighted by molar-refractivity contribution is 5.93. The second kappa shape index (κ2) is 4.42. The summed E-state index contributed by atoms with van der Waals surface area (Å²) in [6, 6.07) is 5.56. The average molecular weight is 247 g/mol. The summed E-state index contributed by atoms with van der Waals surface area (Å²) < 4.78 is 1.74. The first-order valence-electron chi connectivity index (χ1n) is 5.78. The second-order valence-corrected chi connectivity index (χ2v) is 5.05. The summed E-state index contributed by atoms with van der Waals surface area (Å²) in [5, 5.41) is 9.73. The summed E-state index contributed by atoms with van der Waals surface area (Å²) in [5.74, 6) is -0.157. The number of pyridine rings is 1. The number of carbonyl (C=O) groups excluding carboxylic acids is 1. The molecule has 5 heteroatoms. The lowest BCUT2D eigenvalue weighted by molar-refractivity contribution is 0.0364. The van der Waals surface area contributed by atoms with E-state index in [0.717, 1.165) is 5.65 Å². The Bertz CT molecular complexity index is 569. The number of rotatable bonds is 3. The minimum atomic E-state index is -0.912. The lowest BCUT2D eigenvalue weighted by Gasteiger charge is -2.25. The number of aliphatic hydroxyl groups is 1. The van der Waals surface area contributed by atoms with E-state index >= 15 is 0 Å². The van der Waals surface area contributed by atoms with Gasteiger partial charge >= 0.3 is 0 Å². The molecule has 0 saturated carbocycles. The number of hydrogen-bond acceptors (Lipinski definition) is 3. The zero-order valence-corrected chi connectivity index (χ0v) is 10.8. The van der Waals surface area contributed by atoms with Gasteiger partial charge in [-0.15, -0.1) is 0 Å². The third-order valence-electron chi connectivity index (χ3n) is 2.61. The largest absolute Gasteiger partial charge is 0.389 e. The van der Waals surface area contributed by atoms with Gasteiger partial charge in [-0.1, -0.05) is 6.07 Å². The Balaban J connectivity index is 2.29. The lowest BCUT2D eigenvalue weighted by Crippen LogP contribution is -2.40. The van der Waals surface area contributed by atoms with Crippen molar-refractivity contribution in [3.8, 4) is 0 Å². The van der Waals surface area contributed by atoms with Crippen molar-refractivity contribution < 1.29 is 9.90 Å². The van der Waals surface area contributed by atoms with Crippen molar-refractivity contribution >= 4 is 11.6 Å². The molecule has 2 aromatic rings. The first-order valence-corrected chi connectivity index (χ1v) is 5.78. The Morgan fingerprint density at radius 2 is 2.22 bits per heavy atom. The predicted octanol–water partition coefficient (Wildman–Crippen LogP) is 1.18. The van der Waals surface area contributed by atoms with Crippen LogP contribution in [-0.2, 0) is 0 Å². The monoisotopic (exact) mass is 247 g/mol. The Morgan fingerprint density at radius 1 is 1.50 bits per heavy atom. The van der Waals surface area contributed by atoms with Crippen LogP contribution in [0.15, 0.2) is 30.6 Å². The predicted molar refractivity (Wildman–Crippen MR) is 68.5 cm³/mol. The molecule has 0 radical (unpaired) electrons. The van der Waals surface area contributed by atoms with Crippen LogP contribution in [0.25, 0.3) is 5.65 Å². The molecular weight excluding hydrogens is 230 g/mol. The Hall–Kier alpha value is -1.88. The molecule has 0 atom stereocenters. The van der Waals surface area contributed by atoms with Crippen LogP contribution in [0.1, 0.15) is 24.3 Å². The van der Waals surface area contributed by atoms with E-state index in [-0.39, 0.29) is 12.5 Å². The molecular formula is C13H17N3O2.